The molecular formula is C31H36F6N2O2. The molecule has 0 spiro atoms. The monoisotopic (exact) mass is 582 g/mol. The van der Waals surface area contributed by atoms with E-state index in [4.69, 9.17) is 0 Å². The number of piperazine rings is 1. The van der Waals surface area contributed by atoms with Crippen LogP contribution in [0.15, 0.2) is 36.4 Å². The maximum Gasteiger partial charge on any atom is 0.416 e. The van der Waals surface area contributed by atoms with Crippen LogP contribution in [0.5, 0.6) is 0 Å². The summed E-state index contributed by atoms with van der Waals surface area (Å²) < 4.78 is 80.9. The number of amides is 2. The topological polar surface area (TPSA) is 40.6 Å². The fourth-order valence-corrected chi connectivity index (χ4v) is 5.93. The number of carbonyl (C=O) groups is 2. The Morgan fingerprint density at radius 1 is 0.829 bits per heavy atom. The molecular weight excluding hydrogens is 546 g/mol. The molecule has 0 bridgehead atoms. The molecule has 2 aromatic carbocycles. The maximum absolute atomic E-state index is 13.6. The van der Waals surface area contributed by atoms with Crippen LogP contribution in [0.2, 0.25) is 0 Å². The highest BCUT2D eigenvalue weighted by Gasteiger charge is 2.39. The van der Waals surface area contributed by atoms with Gasteiger partial charge in [0.1, 0.15) is 0 Å². The maximum atomic E-state index is 13.6. The highest BCUT2D eigenvalue weighted by Crippen LogP contribution is 2.37. The molecule has 2 fully saturated rings. The van der Waals surface area contributed by atoms with E-state index < -0.39 is 41.0 Å². The zero-order valence-corrected chi connectivity index (χ0v) is 23.4. The van der Waals surface area contributed by atoms with Crippen LogP contribution >= 0.6 is 0 Å². The van der Waals surface area contributed by atoms with Gasteiger partial charge in [0.15, 0.2) is 0 Å². The van der Waals surface area contributed by atoms with Crippen molar-refractivity contribution in [3.8, 4) is 0 Å². The van der Waals surface area contributed by atoms with Gasteiger partial charge in [0.05, 0.1) is 17.2 Å². The molecule has 224 valence electrons. The van der Waals surface area contributed by atoms with E-state index in [1.165, 1.54) is 24.2 Å². The summed E-state index contributed by atoms with van der Waals surface area (Å²) in [5.41, 5.74) is -0.782. The predicted octanol–water partition coefficient (Wildman–Crippen LogP) is 7.60. The summed E-state index contributed by atoms with van der Waals surface area (Å²) in [6, 6.07) is 6.13. The molecule has 10 heteroatoms. The summed E-state index contributed by atoms with van der Waals surface area (Å²) >= 11 is 0. The minimum atomic E-state index is -5.06. The van der Waals surface area contributed by atoms with Crippen LogP contribution in [0.3, 0.4) is 0 Å². The van der Waals surface area contributed by atoms with Crippen LogP contribution < -0.4 is 0 Å². The van der Waals surface area contributed by atoms with Crippen molar-refractivity contribution in [3.05, 3.63) is 69.8 Å². The summed E-state index contributed by atoms with van der Waals surface area (Å²) in [5.74, 6) is -0.429. The van der Waals surface area contributed by atoms with Gasteiger partial charge < -0.3 is 9.80 Å². The van der Waals surface area contributed by atoms with E-state index in [1.54, 1.807) is 4.90 Å². The molecule has 1 aliphatic heterocycles. The Morgan fingerprint density at radius 2 is 1.46 bits per heavy atom. The molecule has 2 aromatic rings. The standard InChI is InChI=1S/C31H36F6N2O2/c1-20-8-9-23(14-21(20)2)15-27-19-38(28(40)11-10-22-6-4-3-5-7-22)12-13-39(27)29(41)24-16-25(30(32,33)34)18-26(17-24)31(35,36)37/h8-9,14,16-18,22,27H,3-7,10-13,15,19H2,1-2H3/t27-/m1/s1. The van der Waals surface area contributed by atoms with Gasteiger partial charge in [-0.3, -0.25) is 9.59 Å². The molecule has 4 nitrogen and oxygen atoms in total. The number of benzene rings is 2. The van der Waals surface area contributed by atoms with Crippen molar-refractivity contribution < 1.29 is 35.9 Å². The number of hydrogen-bond donors (Lipinski definition) is 0. The highest BCUT2D eigenvalue weighted by atomic mass is 19.4. The van der Waals surface area contributed by atoms with Crippen molar-refractivity contribution in [2.45, 2.75) is 83.6 Å². The van der Waals surface area contributed by atoms with Gasteiger partial charge in [0.2, 0.25) is 5.91 Å². The van der Waals surface area contributed by atoms with Crippen molar-refractivity contribution in [2.75, 3.05) is 19.6 Å². The van der Waals surface area contributed by atoms with Crippen LogP contribution in [0.4, 0.5) is 26.3 Å². The summed E-state index contributed by atoms with van der Waals surface area (Å²) in [6.45, 7) is 4.23. The van der Waals surface area contributed by atoms with Gasteiger partial charge in [-0.05, 0) is 67.5 Å². The molecule has 0 unspecified atom stereocenters. The van der Waals surface area contributed by atoms with Crippen molar-refractivity contribution in [2.24, 2.45) is 5.92 Å². The third kappa shape index (κ3) is 7.83. The Hall–Kier alpha value is -3.04. The van der Waals surface area contributed by atoms with E-state index in [-0.39, 0.29) is 31.6 Å². The largest absolute Gasteiger partial charge is 0.416 e. The quantitative estimate of drug-likeness (QED) is 0.329. The molecule has 1 heterocycles. The Morgan fingerprint density at radius 3 is 2.05 bits per heavy atom. The lowest BCUT2D eigenvalue weighted by atomic mass is 9.86. The molecule has 0 N–H and O–H groups in total. The van der Waals surface area contributed by atoms with Crippen LogP contribution in [0.1, 0.15) is 83.1 Å². The molecule has 1 saturated heterocycles. The van der Waals surface area contributed by atoms with Crippen LogP contribution in [0.25, 0.3) is 0 Å². The average molecular weight is 583 g/mol. The molecule has 41 heavy (non-hydrogen) atoms. The average Bonchev–Trinajstić information content (AvgIpc) is 2.92. The lowest BCUT2D eigenvalue weighted by Gasteiger charge is -2.42. The van der Waals surface area contributed by atoms with Crippen molar-refractivity contribution in [1.29, 1.82) is 0 Å². The summed E-state index contributed by atoms with van der Waals surface area (Å²) in [5, 5.41) is 0. The molecule has 1 atom stereocenters. The minimum Gasteiger partial charge on any atom is -0.339 e. The third-order valence-corrected chi connectivity index (χ3v) is 8.46. The summed E-state index contributed by atoms with van der Waals surface area (Å²) in [6.07, 6.45) is -2.84. The Balaban J connectivity index is 1.59. The van der Waals surface area contributed by atoms with Gasteiger partial charge in [-0.15, -0.1) is 0 Å². The van der Waals surface area contributed by atoms with E-state index in [2.05, 4.69) is 0 Å². The van der Waals surface area contributed by atoms with Gasteiger partial charge in [-0.25, -0.2) is 0 Å². The zero-order valence-electron chi connectivity index (χ0n) is 23.4. The van der Waals surface area contributed by atoms with Crippen molar-refractivity contribution >= 4 is 11.8 Å². The molecule has 4 rings (SSSR count). The molecule has 2 aliphatic rings. The summed E-state index contributed by atoms with van der Waals surface area (Å²) in [7, 11) is 0. The number of nitrogens with zero attached hydrogens (tertiary/aromatic N) is 2. The summed E-state index contributed by atoms with van der Waals surface area (Å²) in [4.78, 5) is 29.8. The fourth-order valence-electron chi connectivity index (χ4n) is 5.93. The second-order valence-electron chi connectivity index (χ2n) is 11.5. The smallest absolute Gasteiger partial charge is 0.339 e. The van der Waals surface area contributed by atoms with E-state index in [0.29, 0.717) is 30.9 Å². The van der Waals surface area contributed by atoms with Gasteiger partial charge in [0.25, 0.3) is 5.91 Å². The lowest BCUT2D eigenvalue weighted by molar-refractivity contribution is -0.143. The molecule has 2 amide bonds. The molecule has 0 aromatic heterocycles. The fraction of sp³-hybridized carbons (Fsp3) is 0.548. The number of rotatable bonds is 6. The van der Waals surface area contributed by atoms with Gasteiger partial charge in [-0.2, -0.15) is 26.3 Å². The first-order chi connectivity index (χ1) is 19.2. The van der Waals surface area contributed by atoms with Crippen molar-refractivity contribution in [1.82, 2.24) is 9.80 Å². The Bertz CT molecular complexity index is 1220. The number of hydrogen-bond acceptors (Lipinski definition) is 2. The van der Waals surface area contributed by atoms with Crippen molar-refractivity contribution in [3.63, 3.8) is 0 Å². The van der Waals surface area contributed by atoms with E-state index in [1.807, 2.05) is 32.0 Å². The minimum absolute atomic E-state index is 0.0150. The predicted molar refractivity (Wildman–Crippen MR) is 143 cm³/mol. The van der Waals surface area contributed by atoms with Crippen LogP contribution in [-0.2, 0) is 23.6 Å². The van der Waals surface area contributed by atoms with Crippen LogP contribution in [0, 0.1) is 19.8 Å². The van der Waals surface area contributed by atoms with E-state index in [0.717, 1.165) is 36.0 Å². The van der Waals surface area contributed by atoms with Gasteiger partial charge >= 0.3 is 12.4 Å². The highest BCUT2D eigenvalue weighted by molar-refractivity contribution is 5.95. The number of aryl methyl sites for hydroxylation is 2. The van der Waals surface area contributed by atoms with Gasteiger partial charge in [0, 0.05) is 31.6 Å². The molecule has 1 aliphatic carbocycles. The van der Waals surface area contributed by atoms with E-state index >= 15 is 0 Å². The first kappa shape index (κ1) is 30.9. The first-order valence-electron chi connectivity index (χ1n) is 14.2. The third-order valence-electron chi connectivity index (χ3n) is 8.46. The number of halogens is 6. The Labute approximate surface area is 236 Å². The SMILES string of the molecule is Cc1ccc(C[C@@H]2CN(C(=O)CCC3CCCCC3)CCN2C(=O)c2cc(C(F)(F)F)cc(C(F)(F)F)c2)cc1C. The Kier molecular flexibility index (Phi) is 9.39. The number of alkyl halides is 6. The second kappa shape index (κ2) is 12.4. The van der Waals surface area contributed by atoms with Gasteiger partial charge in [-0.1, -0.05) is 50.3 Å². The molecule has 1 saturated carbocycles. The molecule has 0 radical (unpaired) electrons. The van der Waals surface area contributed by atoms with Crippen LogP contribution in [-0.4, -0.2) is 47.3 Å². The first-order valence-corrected chi connectivity index (χ1v) is 14.2. The second-order valence-corrected chi connectivity index (χ2v) is 11.5. The van der Waals surface area contributed by atoms with E-state index in [9.17, 15) is 35.9 Å². The lowest BCUT2D eigenvalue weighted by Crippen LogP contribution is -2.57. The normalized spacial score (nSPS) is 19.0. The zero-order chi connectivity index (χ0) is 29.9. The number of carbonyl (C=O) groups excluding carboxylic acids is 2.